The van der Waals surface area contributed by atoms with E-state index in [-0.39, 0.29) is 72.7 Å². The second-order valence-electron chi connectivity index (χ2n) is 8.84. The van der Waals surface area contributed by atoms with Gasteiger partial charge in [0.25, 0.3) is 20.4 Å². The normalized spacial score (nSPS) is 14.3. The fourth-order valence-electron chi connectivity index (χ4n) is 3.29. The number of rotatable bonds is 14. The molecule has 0 spiro atoms. The Balaban J connectivity index is 0.000000600. The van der Waals surface area contributed by atoms with Gasteiger partial charge in [-0.2, -0.15) is 16.8 Å². The Labute approximate surface area is 365 Å². The van der Waals surface area contributed by atoms with E-state index < -0.39 is 93.3 Å². The van der Waals surface area contributed by atoms with Crippen LogP contribution in [0.2, 0.25) is 0 Å². The van der Waals surface area contributed by atoms with Gasteiger partial charge in [-0.3, -0.25) is 15.2 Å². The summed E-state index contributed by atoms with van der Waals surface area (Å²) in [6.07, 6.45) is 0. The van der Waals surface area contributed by atoms with E-state index in [1.54, 1.807) is 10.2 Å². The van der Waals surface area contributed by atoms with Crippen LogP contribution in [0.3, 0.4) is 0 Å². The van der Waals surface area contributed by atoms with E-state index in [2.05, 4.69) is 86.8 Å². The predicted octanol–water partition coefficient (Wildman–Crippen LogP) is -3.35. The van der Waals surface area contributed by atoms with Crippen LogP contribution in [0.5, 0.6) is 0 Å². The van der Waals surface area contributed by atoms with E-state index in [1.807, 2.05) is 5.32 Å². The molecule has 0 aliphatic carbocycles. The van der Waals surface area contributed by atoms with E-state index in [0.717, 1.165) is 22.8 Å². The molecule has 5 aromatic rings. The fourth-order valence-corrected chi connectivity index (χ4v) is 4.46. The molecule has 0 radical (unpaired) electrons. The van der Waals surface area contributed by atoms with Gasteiger partial charge < -0.3 is 21.2 Å². The number of aromatic nitrogens is 6. The molecule has 5 rings (SSSR count). The molecule has 0 aliphatic rings. The minimum atomic E-state index is -4.65. The average Bonchev–Trinajstić information content (AvgIpc) is 3.89. The zero-order valence-corrected chi connectivity index (χ0v) is 34.5. The molecule has 0 fully saturated rings. The number of aliphatic hydroxyl groups excluding tert-OH is 1. The molecular weight excluding hydrogens is 945 g/mol. The first kappa shape index (κ1) is 36.5. The predicted molar refractivity (Wildman–Crippen MR) is 192 cm³/mol. The van der Waals surface area contributed by atoms with Crippen LogP contribution in [0.25, 0.3) is 17.2 Å². The van der Waals surface area contributed by atoms with Crippen molar-refractivity contribution in [2.24, 2.45) is 15.3 Å². The summed E-state index contributed by atoms with van der Waals surface area (Å²) < 4.78 is 155. The van der Waals surface area contributed by atoms with E-state index in [0.29, 0.717) is 0 Å². The molecule has 0 aliphatic heterocycles. The van der Waals surface area contributed by atoms with Gasteiger partial charge in [-0.05, 0) is 88.8 Å². The van der Waals surface area contributed by atoms with Crippen LogP contribution < -0.4 is 71.1 Å². The van der Waals surface area contributed by atoms with Crippen molar-refractivity contribution in [3.8, 4) is 17.2 Å². The molecule has 32 heteroatoms. The first-order chi connectivity index (χ1) is 29.0. The number of aliphatic hydroxyl groups is 1. The van der Waals surface area contributed by atoms with Crippen LogP contribution in [0.1, 0.15) is 16.7 Å². The SMILES string of the molecule is [2H]OC.[2H]c1cc(-n2c(-c3nonc3NC([2H])([2H])C([2H])([2H])NS(N)(=O)=O)noc2=O)cc(Br)c1F.[2H]c1cc(N=C(NO)c2nonc2NCC([2H])([2H])NS(N)(=O)=O)cc(Br)c1F.[Na+].[OH-]. The first-order valence-electron chi connectivity index (χ1n) is 17.7. The third kappa shape index (κ3) is 15.3. The Hall–Kier alpha value is -3.83. The standard InChI is InChI=1S/C12H11BrFN7O5S.C11H13BrFN7O4S.CH4O.Na.H2O/c13-7-5-6(1-2-8(7)14)21-11(20-25-12(21)22)9-10(19-26-18-9)16-3-4-17-27(15,23)24;12-7-5-6(1-2-8(7)13)17-11(18-21)9-10(20-24-19-9)15-3-4-16-25(14,22)23;1-2;;/h1-2,5,17H,3-4H2,(H,16,19)(H2,15,23,24);1-2,5,16,21H,3-4H2,(H,15,20)(H,17,18)(H2,14,22,23);2H,1H3;;1H2/q;;;+1;/p-1/i2D,3D2,4D2;2D,4D2;2D;;. The number of benzene rings is 2. The van der Waals surface area contributed by atoms with Crippen molar-refractivity contribution in [1.82, 2.24) is 45.3 Å². The Morgan fingerprint density at radius 1 is 0.964 bits per heavy atom. The average molecular weight is 984 g/mol. The number of aliphatic imine (C=N–C) groups is 1. The van der Waals surface area contributed by atoms with Crippen LogP contribution in [-0.2, 0) is 20.4 Å². The summed E-state index contributed by atoms with van der Waals surface area (Å²) in [4.78, 5) is 16.2. The van der Waals surface area contributed by atoms with Crippen molar-refractivity contribution in [3.05, 3.63) is 73.2 Å². The van der Waals surface area contributed by atoms with Gasteiger partial charge in [-0.25, -0.2) is 52.1 Å². The van der Waals surface area contributed by atoms with Gasteiger partial charge in [-0.1, -0.05) is 5.16 Å². The maximum atomic E-state index is 13.8. The number of nitrogens with one attached hydrogen (secondary N) is 5. The minimum Gasteiger partial charge on any atom is -0.870 e. The van der Waals surface area contributed by atoms with Crippen molar-refractivity contribution in [1.29, 1.82) is 1.43 Å². The van der Waals surface area contributed by atoms with Gasteiger partial charge in [0.15, 0.2) is 17.2 Å². The van der Waals surface area contributed by atoms with Crippen molar-refractivity contribution < 1.29 is 95.7 Å². The largest absolute Gasteiger partial charge is 1.00 e. The summed E-state index contributed by atoms with van der Waals surface area (Å²) in [6.45, 7) is -9.60. The fraction of sp³-hybridized carbons (Fsp3) is 0.208. The Morgan fingerprint density at radius 3 is 2.16 bits per heavy atom. The Bertz CT molecular complexity index is 2700. The number of nitrogens with two attached hydrogens (primary N) is 2. The first-order valence-corrected chi connectivity index (χ1v) is 17.9. The molecular formula is C24H29Br2F2N14NaO11S2. The second-order valence-corrected chi connectivity index (χ2v) is 13.1. The van der Waals surface area contributed by atoms with Crippen LogP contribution in [-0.4, -0.2) is 103 Å². The number of nitrogens with zero attached hydrogens (tertiary/aromatic N) is 7. The number of hydrogen-bond acceptors (Lipinski definition) is 19. The summed E-state index contributed by atoms with van der Waals surface area (Å²) in [6, 6.07) is 3.38. The van der Waals surface area contributed by atoms with Crippen molar-refractivity contribution >= 4 is 75.4 Å². The van der Waals surface area contributed by atoms with Gasteiger partial charge in [0.05, 0.1) is 25.8 Å². The monoisotopic (exact) mass is 981 g/mol. The number of anilines is 2. The van der Waals surface area contributed by atoms with Gasteiger partial charge in [0.1, 0.15) is 11.6 Å². The molecule has 25 nitrogen and oxygen atoms in total. The summed E-state index contributed by atoms with van der Waals surface area (Å²) in [5.74, 6) is -4.37. The topological polar surface area (TPSA) is 389 Å². The van der Waals surface area contributed by atoms with Crippen LogP contribution >= 0.6 is 31.9 Å². The Kier molecular flexibility index (Phi) is 15.3. The quantitative estimate of drug-likeness (QED) is 0.0227. The van der Waals surface area contributed by atoms with Crippen LogP contribution in [0, 0.1) is 11.6 Å². The zero-order chi connectivity index (χ0) is 47.9. The van der Waals surface area contributed by atoms with Gasteiger partial charge in [-0.15, -0.1) is 0 Å². The molecule has 2 aromatic carbocycles. The molecule has 0 atom stereocenters. The minimum absolute atomic E-state index is 0. The van der Waals surface area contributed by atoms with Crippen LogP contribution in [0.15, 0.2) is 68.9 Å². The Morgan fingerprint density at radius 2 is 1.55 bits per heavy atom. The molecule has 12 N–H and O–H groups in total. The molecule has 302 valence electrons. The number of amidine groups is 1. The summed E-state index contributed by atoms with van der Waals surface area (Å²) in [5, 5.41) is 43.9. The molecule has 3 heterocycles. The van der Waals surface area contributed by atoms with E-state index >= 15 is 0 Å². The summed E-state index contributed by atoms with van der Waals surface area (Å²) in [5.41, 5.74) is 1.04. The molecule has 0 saturated heterocycles. The van der Waals surface area contributed by atoms with Gasteiger partial charge in [0, 0.05) is 38.6 Å². The van der Waals surface area contributed by atoms with E-state index in [4.69, 9.17) is 22.7 Å². The van der Waals surface area contributed by atoms with Crippen molar-refractivity contribution in [2.75, 3.05) is 43.8 Å². The molecule has 56 heavy (non-hydrogen) atoms. The third-order valence-corrected chi connectivity index (χ3v) is 7.25. The van der Waals surface area contributed by atoms with Crippen molar-refractivity contribution in [3.63, 3.8) is 0 Å². The van der Waals surface area contributed by atoms with E-state index in [1.165, 1.54) is 17.9 Å². The zero-order valence-electron chi connectivity index (χ0n) is 36.7. The number of hydrogen-bond donors (Lipinski definition) is 9. The van der Waals surface area contributed by atoms with Gasteiger partial charge >= 0.3 is 35.3 Å². The van der Waals surface area contributed by atoms with E-state index in [9.17, 15) is 35.6 Å². The van der Waals surface area contributed by atoms with Gasteiger partial charge in [0.2, 0.25) is 18.9 Å². The van der Waals surface area contributed by atoms with Crippen molar-refractivity contribution in [2.45, 2.75) is 0 Å². The number of halogens is 4. The van der Waals surface area contributed by atoms with Crippen LogP contribution in [0.4, 0.5) is 26.1 Å². The second kappa shape index (κ2) is 23.4. The molecule has 3 aromatic heterocycles. The molecule has 0 amide bonds. The maximum Gasteiger partial charge on any atom is 1.00 e. The maximum absolute atomic E-state index is 13.8. The number of hydroxylamine groups is 1. The third-order valence-electron chi connectivity index (χ3n) is 5.28. The molecule has 0 bridgehead atoms. The molecule has 0 unspecified atom stereocenters. The molecule has 0 saturated carbocycles. The summed E-state index contributed by atoms with van der Waals surface area (Å²) >= 11 is 5.83. The smallest absolute Gasteiger partial charge is 0.870 e. The summed E-state index contributed by atoms with van der Waals surface area (Å²) in [7, 11) is -7.67.